The highest BCUT2D eigenvalue weighted by molar-refractivity contribution is 6.39. The predicted octanol–water partition coefficient (Wildman–Crippen LogP) is 6.11. The molecule has 0 aliphatic carbocycles. The van der Waals surface area contributed by atoms with E-state index < -0.39 is 5.82 Å². The average molecular weight is 654 g/mol. The molecule has 3 heterocycles. The standard InChI is InChI=1S/C33H35Cl2FN6O3/c1-44-15-14-37-18-22-10-12-40-33(31(22)36)42-26-5-3-4-24(29(26)34)25-11-13-39-32(30(25)35)20-6-7-21(27(16-20)45-2)17-38-19-23-8-9-28(43)41-23/h3-7,10-13,16,23,37-38H,8-9,14-15,17-19H2,1-2H3,(H,40,42)(H,41,43)/t23-/m0/s1. The van der Waals surface area contributed by atoms with Gasteiger partial charge in [-0.05, 0) is 30.7 Å². The van der Waals surface area contributed by atoms with Gasteiger partial charge in [0.15, 0.2) is 11.6 Å². The molecule has 45 heavy (non-hydrogen) atoms. The monoisotopic (exact) mass is 652 g/mol. The number of carbonyl (C=O) groups is 1. The van der Waals surface area contributed by atoms with Crippen molar-refractivity contribution in [3.05, 3.63) is 87.9 Å². The third kappa shape index (κ3) is 7.89. The van der Waals surface area contributed by atoms with E-state index in [0.29, 0.717) is 83.1 Å². The molecule has 1 amide bonds. The Hall–Kier alpha value is -3.80. The van der Waals surface area contributed by atoms with Gasteiger partial charge in [-0.15, -0.1) is 0 Å². The number of carbonyl (C=O) groups excluding carboxylic acids is 1. The van der Waals surface area contributed by atoms with Crippen molar-refractivity contribution in [2.75, 3.05) is 39.2 Å². The minimum atomic E-state index is -0.467. The van der Waals surface area contributed by atoms with Crippen LogP contribution in [0.1, 0.15) is 24.0 Å². The van der Waals surface area contributed by atoms with Gasteiger partial charge in [-0.25, -0.2) is 9.37 Å². The molecule has 0 bridgehead atoms. The number of methoxy groups -OCH3 is 2. The summed E-state index contributed by atoms with van der Waals surface area (Å²) in [5, 5.41) is 13.3. The number of hydrogen-bond donors (Lipinski definition) is 4. The number of anilines is 2. The Morgan fingerprint density at radius 1 is 0.978 bits per heavy atom. The molecule has 2 aromatic carbocycles. The van der Waals surface area contributed by atoms with Gasteiger partial charge in [-0.3, -0.25) is 9.78 Å². The topological polar surface area (TPSA) is 109 Å². The minimum Gasteiger partial charge on any atom is -0.496 e. The van der Waals surface area contributed by atoms with E-state index in [-0.39, 0.29) is 17.8 Å². The molecule has 1 aliphatic heterocycles. The molecule has 9 nitrogen and oxygen atoms in total. The second-order valence-electron chi connectivity index (χ2n) is 10.6. The molecule has 1 atom stereocenters. The molecular formula is C33H35Cl2FN6O3. The first kappa shape index (κ1) is 32.6. The van der Waals surface area contributed by atoms with Crippen LogP contribution in [-0.4, -0.2) is 55.8 Å². The van der Waals surface area contributed by atoms with Crippen molar-refractivity contribution in [2.24, 2.45) is 0 Å². The quantitative estimate of drug-likeness (QED) is 0.121. The van der Waals surface area contributed by atoms with Gasteiger partial charge < -0.3 is 30.7 Å². The third-order valence-corrected chi connectivity index (χ3v) is 8.34. The number of hydrogen-bond acceptors (Lipinski definition) is 8. The lowest BCUT2D eigenvalue weighted by molar-refractivity contribution is -0.119. The van der Waals surface area contributed by atoms with Crippen molar-refractivity contribution < 1.29 is 18.7 Å². The summed E-state index contributed by atoms with van der Waals surface area (Å²) in [4.78, 5) is 20.2. The van der Waals surface area contributed by atoms with Crippen LogP contribution in [0.3, 0.4) is 0 Å². The lowest BCUT2D eigenvalue weighted by Crippen LogP contribution is -2.35. The summed E-state index contributed by atoms with van der Waals surface area (Å²) in [6.45, 7) is 2.72. The van der Waals surface area contributed by atoms with Gasteiger partial charge in [0.1, 0.15) is 5.75 Å². The maximum absolute atomic E-state index is 15.3. The number of pyridine rings is 2. The van der Waals surface area contributed by atoms with Gasteiger partial charge >= 0.3 is 0 Å². The Balaban J connectivity index is 1.35. The first-order valence-electron chi connectivity index (χ1n) is 14.6. The summed E-state index contributed by atoms with van der Waals surface area (Å²) >= 11 is 13.8. The van der Waals surface area contributed by atoms with Crippen molar-refractivity contribution in [3.63, 3.8) is 0 Å². The van der Waals surface area contributed by atoms with Crippen LogP contribution in [0.15, 0.2) is 60.9 Å². The molecule has 236 valence electrons. The lowest BCUT2D eigenvalue weighted by atomic mass is 10.0. The van der Waals surface area contributed by atoms with E-state index in [0.717, 1.165) is 17.5 Å². The fourth-order valence-corrected chi connectivity index (χ4v) is 5.77. The van der Waals surface area contributed by atoms with E-state index >= 15 is 4.39 Å². The van der Waals surface area contributed by atoms with Gasteiger partial charge in [0.05, 0.1) is 35.1 Å². The molecule has 2 aromatic heterocycles. The SMILES string of the molecule is COCCNCc1ccnc(Nc2cccc(-c3ccnc(-c4ccc(CNC[C@@H]5CCC(=O)N5)c(OC)c4)c3Cl)c2Cl)c1F. The Labute approximate surface area is 271 Å². The Morgan fingerprint density at radius 3 is 2.56 bits per heavy atom. The number of halogens is 3. The van der Waals surface area contributed by atoms with Gasteiger partial charge in [0.25, 0.3) is 0 Å². The Morgan fingerprint density at radius 2 is 1.78 bits per heavy atom. The van der Waals surface area contributed by atoms with E-state index in [1.807, 2.05) is 30.3 Å². The van der Waals surface area contributed by atoms with E-state index in [1.54, 1.807) is 44.8 Å². The molecule has 0 spiro atoms. The molecule has 4 aromatic rings. The normalized spacial score (nSPS) is 14.4. The highest BCUT2D eigenvalue weighted by atomic mass is 35.5. The molecule has 1 aliphatic rings. The summed E-state index contributed by atoms with van der Waals surface area (Å²) in [6.07, 6.45) is 4.62. The summed E-state index contributed by atoms with van der Waals surface area (Å²) in [6, 6.07) is 14.8. The zero-order valence-electron chi connectivity index (χ0n) is 25.1. The number of nitrogens with one attached hydrogen (secondary N) is 4. The third-order valence-electron chi connectivity index (χ3n) is 7.55. The summed E-state index contributed by atoms with van der Waals surface area (Å²) in [5.41, 5.74) is 4.58. The van der Waals surface area contributed by atoms with Crippen LogP contribution in [0.5, 0.6) is 5.75 Å². The van der Waals surface area contributed by atoms with E-state index in [4.69, 9.17) is 32.7 Å². The number of rotatable bonds is 14. The molecule has 0 radical (unpaired) electrons. The zero-order valence-corrected chi connectivity index (χ0v) is 26.6. The van der Waals surface area contributed by atoms with Crippen LogP contribution in [0, 0.1) is 5.82 Å². The van der Waals surface area contributed by atoms with Crippen LogP contribution in [0.4, 0.5) is 15.9 Å². The highest BCUT2D eigenvalue weighted by Crippen LogP contribution is 2.41. The number of ether oxygens (including phenoxy) is 2. The summed E-state index contributed by atoms with van der Waals surface area (Å²) < 4.78 is 26.0. The first-order chi connectivity index (χ1) is 21.9. The largest absolute Gasteiger partial charge is 0.496 e. The van der Waals surface area contributed by atoms with Gasteiger partial charge in [0, 0.05) is 86.0 Å². The van der Waals surface area contributed by atoms with Crippen molar-refractivity contribution in [1.29, 1.82) is 0 Å². The van der Waals surface area contributed by atoms with Crippen LogP contribution in [0.2, 0.25) is 10.0 Å². The van der Waals surface area contributed by atoms with Gasteiger partial charge in [0.2, 0.25) is 5.91 Å². The van der Waals surface area contributed by atoms with Crippen molar-refractivity contribution >= 4 is 40.6 Å². The number of amides is 1. The minimum absolute atomic E-state index is 0.0660. The Kier molecular flexibility index (Phi) is 11.2. The molecule has 4 N–H and O–H groups in total. The average Bonchev–Trinajstić information content (AvgIpc) is 3.47. The van der Waals surface area contributed by atoms with Crippen LogP contribution < -0.4 is 26.0 Å². The number of nitrogens with zero attached hydrogens (tertiary/aromatic N) is 2. The van der Waals surface area contributed by atoms with Crippen molar-refractivity contribution in [2.45, 2.75) is 32.0 Å². The second kappa shape index (κ2) is 15.5. The van der Waals surface area contributed by atoms with Gasteiger partial charge in [-0.2, -0.15) is 0 Å². The Bertz CT molecular complexity index is 1660. The summed E-state index contributed by atoms with van der Waals surface area (Å²) in [7, 11) is 3.24. The maximum Gasteiger partial charge on any atom is 0.220 e. The number of benzene rings is 2. The lowest BCUT2D eigenvalue weighted by Gasteiger charge is -2.16. The summed E-state index contributed by atoms with van der Waals surface area (Å²) in [5.74, 6) is 0.383. The van der Waals surface area contributed by atoms with Crippen molar-refractivity contribution in [3.8, 4) is 28.1 Å². The highest BCUT2D eigenvalue weighted by Gasteiger charge is 2.21. The van der Waals surface area contributed by atoms with E-state index in [2.05, 4.69) is 31.2 Å². The smallest absolute Gasteiger partial charge is 0.220 e. The first-order valence-corrected chi connectivity index (χ1v) is 15.4. The molecule has 0 saturated carbocycles. The van der Waals surface area contributed by atoms with E-state index in [1.165, 1.54) is 0 Å². The molecule has 5 rings (SSSR count). The molecule has 0 unspecified atom stereocenters. The van der Waals surface area contributed by atoms with Crippen molar-refractivity contribution in [1.82, 2.24) is 25.9 Å². The van der Waals surface area contributed by atoms with Gasteiger partial charge in [-0.1, -0.05) is 47.5 Å². The number of aromatic nitrogens is 2. The second-order valence-corrected chi connectivity index (χ2v) is 11.3. The molecule has 12 heteroatoms. The molecule has 1 saturated heterocycles. The maximum atomic E-state index is 15.3. The van der Waals surface area contributed by atoms with Crippen LogP contribution in [-0.2, 0) is 22.6 Å². The van der Waals surface area contributed by atoms with Crippen LogP contribution in [0.25, 0.3) is 22.4 Å². The predicted molar refractivity (Wildman–Crippen MR) is 176 cm³/mol. The molecule has 1 fully saturated rings. The fourth-order valence-electron chi connectivity index (χ4n) is 5.17. The zero-order chi connectivity index (χ0) is 31.8. The molecular weight excluding hydrogens is 618 g/mol. The van der Waals surface area contributed by atoms with E-state index in [9.17, 15) is 4.79 Å². The fraction of sp³-hybridized carbons (Fsp3) is 0.303. The van der Waals surface area contributed by atoms with Crippen LogP contribution >= 0.6 is 23.2 Å².